The molecule has 36 heavy (non-hydrogen) atoms. The van der Waals surface area contributed by atoms with E-state index in [0.717, 1.165) is 0 Å². The van der Waals surface area contributed by atoms with Gasteiger partial charge in [-0.3, -0.25) is 14.9 Å². The third kappa shape index (κ3) is 5.15. The van der Waals surface area contributed by atoms with Crippen LogP contribution in [0.15, 0.2) is 52.9 Å². The average Bonchev–Trinajstić information content (AvgIpc) is 3.50. The van der Waals surface area contributed by atoms with E-state index in [-0.39, 0.29) is 23.8 Å². The number of anilines is 1. The van der Waals surface area contributed by atoms with E-state index in [1.807, 2.05) is 0 Å². The molecule has 2 aromatic carbocycles. The number of hydrogen-bond acceptors (Lipinski definition) is 8. The Hall–Kier alpha value is -4.78. The molecule has 1 unspecified atom stereocenters. The summed E-state index contributed by atoms with van der Waals surface area (Å²) in [5.41, 5.74) is 1.91. The van der Waals surface area contributed by atoms with E-state index in [1.165, 1.54) is 0 Å². The first kappa shape index (κ1) is 24.3. The van der Waals surface area contributed by atoms with Gasteiger partial charge in [0.25, 0.3) is 5.91 Å². The Labute approximate surface area is 206 Å². The van der Waals surface area contributed by atoms with Gasteiger partial charge in [-0.15, -0.1) is 0 Å². The molecule has 10 nitrogen and oxygen atoms in total. The third-order valence-corrected chi connectivity index (χ3v) is 5.63. The second-order valence-corrected chi connectivity index (χ2v) is 7.89. The van der Waals surface area contributed by atoms with Crippen molar-refractivity contribution in [2.75, 3.05) is 26.1 Å². The molecule has 2 amide bonds. The van der Waals surface area contributed by atoms with Crippen molar-refractivity contribution < 1.29 is 33.0 Å². The monoisotopic (exact) mass is 489 g/mol. The summed E-state index contributed by atoms with van der Waals surface area (Å²) in [6, 6.07) is 15.4. The Kier molecular flexibility index (Phi) is 7.20. The van der Waals surface area contributed by atoms with E-state index in [2.05, 4.69) is 16.7 Å². The maximum absolute atomic E-state index is 12.5. The molecule has 4 rings (SSSR count). The fourth-order valence-corrected chi connectivity index (χ4v) is 3.80. The smallest absolute Gasteiger partial charge is 0.329 e. The predicted octanol–water partition coefficient (Wildman–Crippen LogP) is 3.26. The number of ether oxygens (including phenoxy) is 3. The Bertz CT molecular complexity index is 1320. The van der Waals surface area contributed by atoms with Crippen molar-refractivity contribution in [3.05, 3.63) is 54.1 Å². The molecule has 10 heteroatoms. The van der Waals surface area contributed by atoms with Gasteiger partial charge in [-0.25, -0.2) is 4.79 Å². The number of hydrogen-bond donors (Lipinski definition) is 2. The van der Waals surface area contributed by atoms with Gasteiger partial charge in [0.15, 0.2) is 6.61 Å². The van der Waals surface area contributed by atoms with Crippen molar-refractivity contribution in [1.82, 2.24) is 5.32 Å². The number of nitriles is 1. The van der Waals surface area contributed by atoms with E-state index >= 15 is 0 Å². The number of benzene rings is 2. The average molecular weight is 489 g/mol. The maximum Gasteiger partial charge on any atom is 0.329 e. The summed E-state index contributed by atoms with van der Waals surface area (Å²) in [5.74, 6) is -0.0714. The summed E-state index contributed by atoms with van der Waals surface area (Å²) in [6.45, 7) is -0.605. The second-order valence-electron chi connectivity index (χ2n) is 7.89. The lowest BCUT2D eigenvalue weighted by Crippen LogP contribution is -2.36. The highest BCUT2D eigenvalue weighted by molar-refractivity contribution is 5.97. The summed E-state index contributed by atoms with van der Waals surface area (Å²) in [5, 5.41) is 15.0. The van der Waals surface area contributed by atoms with Gasteiger partial charge < -0.3 is 23.9 Å². The van der Waals surface area contributed by atoms with E-state index in [9.17, 15) is 19.6 Å². The summed E-state index contributed by atoms with van der Waals surface area (Å²) in [4.78, 5) is 35.9. The summed E-state index contributed by atoms with van der Waals surface area (Å²) in [6.07, 6.45) is 0.540. The zero-order chi connectivity index (χ0) is 25.7. The lowest BCUT2D eigenvalue weighted by molar-refractivity contribution is -0.149. The summed E-state index contributed by atoms with van der Waals surface area (Å²) < 4.78 is 21.4. The molecule has 3 aromatic rings. The second kappa shape index (κ2) is 10.7. The quantitative estimate of drug-likeness (QED) is 0.460. The largest absolute Gasteiger partial charge is 0.497 e. The normalized spacial score (nSPS) is 14.5. The zero-order valence-electron chi connectivity index (χ0n) is 19.6. The van der Waals surface area contributed by atoms with Gasteiger partial charge in [0.2, 0.25) is 11.8 Å². The molecular formula is C26H23N3O7. The molecule has 1 aromatic heterocycles. The van der Waals surface area contributed by atoms with Crippen molar-refractivity contribution >= 4 is 23.7 Å². The molecular weight excluding hydrogens is 466 g/mol. The number of carbonyl (C=O) groups excluding carboxylic acids is 3. The Morgan fingerprint density at radius 3 is 2.19 bits per heavy atom. The number of nitrogens with one attached hydrogen (secondary N) is 2. The lowest BCUT2D eigenvalue weighted by atomic mass is 9.98. The van der Waals surface area contributed by atoms with Crippen LogP contribution in [-0.2, 0) is 19.1 Å². The van der Waals surface area contributed by atoms with Crippen LogP contribution in [-0.4, -0.2) is 44.7 Å². The minimum absolute atomic E-state index is 0.0793. The first-order valence-electron chi connectivity index (χ1n) is 11.0. The number of esters is 1. The van der Waals surface area contributed by atoms with E-state index in [1.54, 1.807) is 62.8 Å². The van der Waals surface area contributed by atoms with Crippen molar-refractivity contribution in [2.45, 2.75) is 18.9 Å². The molecule has 184 valence electrons. The van der Waals surface area contributed by atoms with E-state index in [4.69, 9.17) is 18.6 Å². The van der Waals surface area contributed by atoms with Crippen LogP contribution >= 0.6 is 0 Å². The van der Waals surface area contributed by atoms with Gasteiger partial charge in [-0.1, -0.05) is 12.1 Å². The standard InChI is InChI=1S/C26H23N3O7/c1-33-17-7-3-15(4-8-17)23-19(13-27)25(36-24(23)16-5-9-18(34-2)10-6-16)29-22(31)14-35-26(32)20-11-12-21(30)28-20/h3-10,20H,11-12,14H2,1-2H3,(H,28,30)(H,29,31). The highest BCUT2D eigenvalue weighted by Crippen LogP contribution is 2.42. The molecule has 0 saturated carbocycles. The molecule has 1 aliphatic heterocycles. The van der Waals surface area contributed by atoms with Crippen LogP contribution in [0.3, 0.4) is 0 Å². The molecule has 2 heterocycles. The van der Waals surface area contributed by atoms with Crippen LogP contribution in [0.1, 0.15) is 18.4 Å². The topological polar surface area (TPSA) is 140 Å². The number of rotatable bonds is 8. The fraction of sp³-hybridized carbons (Fsp3) is 0.231. The van der Waals surface area contributed by atoms with Crippen LogP contribution < -0.4 is 20.1 Å². The molecule has 0 aliphatic carbocycles. The fourth-order valence-electron chi connectivity index (χ4n) is 3.80. The van der Waals surface area contributed by atoms with Crippen LogP contribution in [0.25, 0.3) is 22.5 Å². The number of nitrogens with zero attached hydrogens (tertiary/aromatic N) is 1. The van der Waals surface area contributed by atoms with Crippen LogP contribution in [0.5, 0.6) is 11.5 Å². The minimum atomic E-state index is -0.771. The SMILES string of the molecule is COc1ccc(-c2oc(NC(=O)COC(=O)C3CCC(=O)N3)c(C#N)c2-c2ccc(OC)cc2)cc1. The molecule has 2 N–H and O–H groups in total. The van der Waals surface area contributed by atoms with Gasteiger partial charge in [0, 0.05) is 17.5 Å². The Morgan fingerprint density at radius 1 is 1.06 bits per heavy atom. The van der Waals surface area contributed by atoms with Gasteiger partial charge in [0.05, 0.1) is 14.2 Å². The molecule has 1 saturated heterocycles. The van der Waals surface area contributed by atoms with Crippen molar-refractivity contribution in [2.24, 2.45) is 0 Å². The van der Waals surface area contributed by atoms with Crippen LogP contribution in [0.4, 0.5) is 5.88 Å². The number of methoxy groups -OCH3 is 2. The summed E-state index contributed by atoms with van der Waals surface area (Å²) >= 11 is 0. The summed E-state index contributed by atoms with van der Waals surface area (Å²) in [7, 11) is 3.11. The van der Waals surface area contributed by atoms with Gasteiger partial charge in [-0.05, 0) is 48.4 Å². The lowest BCUT2D eigenvalue weighted by Gasteiger charge is -2.09. The van der Waals surface area contributed by atoms with E-state index < -0.39 is 24.5 Å². The first-order valence-corrected chi connectivity index (χ1v) is 11.0. The van der Waals surface area contributed by atoms with Crippen molar-refractivity contribution in [3.8, 4) is 40.0 Å². The zero-order valence-corrected chi connectivity index (χ0v) is 19.6. The molecule has 0 bridgehead atoms. The van der Waals surface area contributed by atoms with Crippen molar-refractivity contribution in [3.63, 3.8) is 0 Å². The molecule has 0 radical (unpaired) electrons. The predicted molar refractivity (Wildman–Crippen MR) is 128 cm³/mol. The number of furan rings is 1. The minimum Gasteiger partial charge on any atom is -0.497 e. The number of carbonyl (C=O) groups is 3. The Morgan fingerprint density at radius 2 is 1.67 bits per heavy atom. The van der Waals surface area contributed by atoms with Crippen molar-refractivity contribution in [1.29, 1.82) is 5.26 Å². The Balaban J connectivity index is 1.62. The van der Waals surface area contributed by atoms with Crippen LogP contribution in [0.2, 0.25) is 0 Å². The van der Waals surface area contributed by atoms with Gasteiger partial charge >= 0.3 is 5.97 Å². The molecule has 1 aliphatic rings. The van der Waals surface area contributed by atoms with E-state index in [0.29, 0.717) is 40.4 Å². The van der Waals surface area contributed by atoms with Gasteiger partial charge in [0.1, 0.15) is 34.9 Å². The highest BCUT2D eigenvalue weighted by Gasteiger charge is 2.29. The van der Waals surface area contributed by atoms with Crippen LogP contribution in [0, 0.1) is 11.3 Å². The highest BCUT2D eigenvalue weighted by atomic mass is 16.5. The third-order valence-electron chi connectivity index (χ3n) is 5.63. The molecule has 1 fully saturated rings. The number of amides is 2. The molecule has 1 atom stereocenters. The molecule has 0 spiro atoms. The first-order chi connectivity index (χ1) is 17.4. The van der Waals surface area contributed by atoms with Gasteiger partial charge in [-0.2, -0.15) is 5.26 Å². The maximum atomic E-state index is 12.5.